The van der Waals surface area contributed by atoms with Gasteiger partial charge in [-0.2, -0.15) is 10.2 Å². The maximum Gasteiger partial charge on any atom is 0.161 e. The Morgan fingerprint density at radius 1 is 0.862 bits per heavy atom. The first kappa shape index (κ1) is 18.2. The molecule has 4 aromatic rings. The third kappa shape index (κ3) is 4.41. The van der Waals surface area contributed by atoms with Crippen molar-refractivity contribution in [3.05, 3.63) is 65.2 Å². The maximum absolute atomic E-state index is 6.25. The maximum atomic E-state index is 6.25. The van der Waals surface area contributed by atoms with Gasteiger partial charge in [-0.1, -0.05) is 36.4 Å². The average Bonchev–Trinajstić information content (AvgIpc) is 3.31. The van der Waals surface area contributed by atoms with Crippen LogP contribution in [0.3, 0.4) is 0 Å². The minimum atomic E-state index is 0.295. The molecule has 3 heterocycles. The number of hydrogen-bond acceptors (Lipinski definition) is 7. The van der Waals surface area contributed by atoms with Crippen molar-refractivity contribution >= 4 is 41.1 Å². The summed E-state index contributed by atoms with van der Waals surface area (Å²) in [6.07, 6.45) is 3.75. The van der Waals surface area contributed by atoms with E-state index < -0.39 is 0 Å². The highest BCUT2D eigenvalue weighted by atomic mass is 15.2. The Kier molecular flexibility index (Phi) is 4.93. The highest BCUT2D eigenvalue weighted by Gasteiger charge is 2.14. The third-order valence-electron chi connectivity index (χ3n) is 4.09. The smallest absolute Gasteiger partial charge is 0.161 e. The van der Waals surface area contributed by atoms with E-state index in [1.54, 1.807) is 0 Å². The Hall–Kier alpha value is -4.14. The fraction of sp³-hybridized carbons (Fsp3) is 0.100. The topological polar surface area (TPSA) is 133 Å². The SMILES string of the molecule is Cc1cc(Nc2nc(C=Cc3ccccc3)nc(N)c2Nc2cc(C)[nH]n2)n[nH]1. The first-order valence-electron chi connectivity index (χ1n) is 9.05. The molecule has 0 spiro atoms. The zero-order valence-corrected chi connectivity index (χ0v) is 16.1. The van der Waals surface area contributed by atoms with E-state index in [2.05, 4.69) is 41.0 Å². The van der Waals surface area contributed by atoms with Gasteiger partial charge in [0.2, 0.25) is 0 Å². The Morgan fingerprint density at radius 2 is 1.52 bits per heavy atom. The van der Waals surface area contributed by atoms with Crippen LogP contribution in [0.5, 0.6) is 0 Å². The molecule has 146 valence electrons. The highest BCUT2D eigenvalue weighted by Crippen LogP contribution is 2.30. The summed E-state index contributed by atoms with van der Waals surface area (Å²) >= 11 is 0. The van der Waals surface area contributed by atoms with Gasteiger partial charge in [-0.05, 0) is 25.5 Å². The number of H-pyrrole nitrogens is 2. The molecule has 0 bridgehead atoms. The van der Waals surface area contributed by atoms with E-state index in [1.807, 2.05) is 68.5 Å². The van der Waals surface area contributed by atoms with Crippen LogP contribution in [0.25, 0.3) is 12.2 Å². The summed E-state index contributed by atoms with van der Waals surface area (Å²) in [5.41, 5.74) is 9.67. The van der Waals surface area contributed by atoms with Gasteiger partial charge in [0, 0.05) is 23.5 Å². The van der Waals surface area contributed by atoms with Crippen molar-refractivity contribution in [3.63, 3.8) is 0 Å². The van der Waals surface area contributed by atoms with Crippen LogP contribution in [0.15, 0.2) is 42.5 Å². The van der Waals surface area contributed by atoms with E-state index in [-0.39, 0.29) is 0 Å². The van der Waals surface area contributed by atoms with E-state index in [4.69, 9.17) is 5.73 Å². The first-order valence-corrected chi connectivity index (χ1v) is 9.05. The van der Waals surface area contributed by atoms with E-state index >= 15 is 0 Å². The number of anilines is 5. The quantitative estimate of drug-likeness (QED) is 0.340. The molecular formula is C20H21N9. The summed E-state index contributed by atoms with van der Waals surface area (Å²) in [5.74, 6) is 2.51. The number of nitrogens with two attached hydrogens (primary N) is 1. The molecule has 9 nitrogen and oxygen atoms in total. The zero-order valence-electron chi connectivity index (χ0n) is 16.1. The third-order valence-corrected chi connectivity index (χ3v) is 4.09. The van der Waals surface area contributed by atoms with E-state index in [9.17, 15) is 0 Å². The van der Waals surface area contributed by atoms with E-state index in [0.29, 0.717) is 34.8 Å². The highest BCUT2D eigenvalue weighted by molar-refractivity contribution is 5.83. The first-order chi connectivity index (χ1) is 14.1. The lowest BCUT2D eigenvalue weighted by Gasteiger charge is -2.13. The minimum absolute atomic E-state index is 0.295. The van der Waals surface area contributed by atoms with E-state index in [0.717, 1.165) is 17.0 Å². The van der Waals surface area contributed by atoms with Crippen molar-refractivity contribution in [2.75, 3.05) is 16.4 Å². The molecule has 0 unspecified atom stereocenters. The molecule has 0 aliphatic rings. The number of rotatable bonds is 6. The van der Waals surface area contributed by atoms with Crippen LogP contribution in [0.4, 0.5) is 29.0 Å². The van der Waals surface area contributed by atoms with Crippen LogP contribution in [-0.2, 0) is 0 Å². The van der Waals surface area contributed by atoms with Gasteiger partial charge >= 0.3 is 0 Å². The number of aromatic nitrogens is 6. The summed E-state index contributed by atoms with van der Waals surface area (Å²) in [4.78, 5) is 9.02. The summed E-state index contributed by atoms with van der Waals surface area (Å²) in [5, 5.41) is 20.6. The van der Waals surface area contributed by atoms with Gasteiger partial charge in [-0.3, -0.25) is 10.2 Å². The Labute approximate surface area is 167 Å². The summed E-state index contributed by atoms with van der Waals surface area (Å²) in [6, 6.07) is 13.7. The zero-order chi connectivity index (χ0) is 20.2. The number of aromatic amines is 2. The lowest BCUT2D eigenvalue weighted by atomic mass is 10.2. The molecule has 0 amide bonds. The van der Waals surface area contributed by atoms with Gasteiger partial charge in [0.25, 0.3) is 0 Å². The van der Waals surface area contributed by atoms with Gasteiger partial charge in [0.05, 0.1) is 0 Å². The largest absolute Gasteiger partial charge is 0.382 e. The Morgan fingerprint density at radius 3 is 2.14 bits per heavy atom. The molecule has 0 aliphatic heterocycles. The van der Waals surface area contributed by atoms with Crippen molar-refractivity contribution in [3.8, 4) is 0 Å². The fourth-order valence-corrected chi connectivity index (χ4v) is 2.73. The van der Waals surface area contributed by atoms with Gasteiger partial charge in [-0.25, -0.2) is 9.97 Å². The second-order valence-electron chi connectivity index (χ2n) is 6.56. The van der Waals surface area contributed by atoms with E-state index in [1.165, 1.54) is 0 Å². The predicted molar refractivity (Wildman–Crippen MR) is 115 cm³/mol. The van der Waals surface area contributed by atoms with Crippen LogP contribution in [0.2, 0.25) is 0 Å². The summed E-state index contributed by atoms with van der Waals surface area (Å²) in [6.45, 7) is 3.84. The molecule has 4 rings (SSSR count). The number of hydrogen-bond donors (Lipinski definition) is 5. The molecule has 0 aliphatic carbocycles. The van der Waals surface area contributed by atoms with Crippen molar-refractivity contribution < 1.29 is 0 Å². The van der Waals surface area contributed by atoms with Gasteiger partial charge in [0.1, 0.15) is 5.69 Å². The molecular weight excluding hydrogens is 366 g/mol. The van der Waals surface area contributed by atoms with Gasteiger partial charge in [-0.15, -0.1) is 0 Å². The van der Waals surface area contributed by atoms with Crippen LogP contribution in [0.1, 0.15) is 22.8 Å². The predicted octanol–water partition coefficient (Wildman–Crippen LogP) is 3.78. The monoisotopic (exact) mass is 387 g/mol. The Bertz CT molecular complexity index is 1140. The number of nitrogens with zero attached hydrogens (tertiary/aromatic N) is 4. The summed E-state index contributed by atoms with van der Waals surface area (Å²) in [7, 11) is 0. The fourth-order valence-electron chi connectivity index (χ4n) is 2.73. The minimum Gasteiger partial charge on any atom is -0.382 e. The molecule has 0 saturated heterocycles. The van der Waals surface area contributed by atoms with Crippen LogP contribution >= 0.6 is 0 Å². The lowest BCUT2D eigenvalue weighted by molar-refractivity contribution is 1.04. The molecule has 6 N–H and O–H groups in total. The van der Waals surface area contributed by atoms with Gasteiger partial charge in [0.15, 0.2) is 29.1 Å². The Balaban J connectivity index is 1.70. The molecule has 1 aromatic carbocycles. The van der Waals surface area contributed by atoms with Crippen molar-refractivity contribution in [2.45, 2.75) is 13.8 Å². The molecule has 0 saturated carbocycles. The number of nitrogens with one attached hydrogen (secondary N) is 4. The van der Waals surface area contributed by atoms with Crippen molar-refractivity contribution in [1.82, 2.24) is 30.4 Å². The number of nitrogen functional groups attached to an aromatic ring is 1. The standard InChI is InChI=1S/C20H21N9/c1-12-10-16(28-26-12)22-18-19(21)23-15(9-8-14-6-4-3-5-7-14)24-20(18)25-17-11-13(2)27-29-17/h3-11H,1-2H3,(H2,22,26,28)(H4,21,23,24,25,27,29). The summed E-state index contributed by atoms with van der Waals surface area (Å²) < 4.78 is 0. The molecule has 0 radical (unpaired) electrons. The molecule has 9 heteroatoms. The second-order valence-corrected chi connectivity index (χ2v) is 6.56. The molecule has 0 fully saturated rings. The number of aryl methyl sites for hydroxylation is 2. The molecule has 3 aromatic heterocycles. The normalized spacial score (nSPS) is 11.1. The number of benzene rings is 1. The van der Waals surface area contributed by atoms with Crippen LogP contribution in [0, 0.1) is 13.8 Å². The van der Waals surface area contributed by atoms with Crippen LogP contribution < -0.4 is 16.4 Å². The molecule has 0 atom stereocenters. The van der Waals surface area contributed by atoms with Crippen molar-refractivity contribution in [2.24, 2.45) is 0 Å². The van der Waals surface area contributed by atoms with Crippen LogP contribution in [-0.4, -0.2) is 30.4 Å². The van der Waals surface area contributed by atoms with Crippen molar-refractivity contribution in [1.29, 1.82) is 0 Å². The molecule has 29 heavy (non-hydrogen) atoms. The van der Waals surface area contributed by atoms with Gasteiger partial charge < -0.3 is 16.4 Å². The average molecular weight is 387 g/mol. The second kappa shape index (κ2) is 7.85. The lowest BCUT2D eigenvalue weighted by Crippen LogP contribution is -2.08.